The average Bonchev–Trinajstić information content (AvgIpc) is 2.62. The molecule has 0 saturated heterocycles. The van der Waals surface area contributed by atoms with Gasteiger partial charge in [-0.25, -0.2) is 0 Å². The van der Waals surface area contributed by atoms with E-state index in [1.165, 1.54) is 24.3 Å². The van der Waals surface area contributed by atoms with Crippen molar-refractivity contribution in [1.29, 1.82) is 0 Å². The molecule has 2 aromatic carbocycles. The molecule has 0 aliphatic rings. The molecule has 0 radical (unpaired) electrons. The fraction of sp³-hybridized carbons (Fsp3) is 0.0526. The number of hydrogen-bond donors (Lipinski definition) is 1. The quantitative estimate of drug-likeness (QED) is 0.572. The van der Waals surface area contributed by atoms with Crippen LogP contribution in [0.25, 0.3) is 11.3 Å². The minimum atomic E-state index is -0.482. The summed E-state index contributed by atoms with van der Waals surface area (Å²) in [6, 6.07) is 16.7. The summed E-state index contributed by atoms with van der Waals surface area (Å²) in [5.41, 5.74) is 3.87. The van der Waals surface area contributed by atoms with Gasteiger partial charge >= 0.3 is 0 Å². The van der Waals surface area contributed by atoms with Crippen LogP contribution in [0, 0.1) is 17.0 Å². The standard InChI is InChI=1S/C19H15N3O3/c1-13-10-11-20-18(12-13)14-2-4-15(5-3-14)19(23)21-16-6-8-17(9-7-16)22(24)25/h2-12H,1H3,(H,21,23). The summed E-state index contributed by atoms with van der Waals surface area (Å²) in [7, 11) is 0. The van der Waals surface area contributed by atoms with Crippen molar-refractivity contribution in [2.75, 3.05) is 5.32 Å². The summed E-state index contributed by atoms with van der Waals surface area (Å²) >= 11 is 0. The summed E-state index contributed by atoms with van der Waals surface area (Å²) in [4.78, 5) is 26.7. The van der Waals surface area contributed by atoms with Crippen molar-refractivity contribution < 1.29 is 9.72 Å². The van der Waals surface area contributed by atoms with Crippen LogP contribution in [0.2, 0.25) is 0 Å². The van der Waals surface area contributed by atoms with Crippen molar-refractivity contribution in [2.24, 2.45) is 0 Å². The average molecular weight is 333 g/mol. The lowest BCUT2D eigenvalue weighted by Crippen LogP contribution is -2.11. The third-order valence-electron chi connectivity index (χ3n) is 3.69. The Balaban J connectivity index is 1.73. The third-order valence-corrected chi connectivity index (χ3v) is 3.69. The number of non-ortho nitro benzene ring substituents is 1. The number of aryl methyl sites for hydroxylation is 1. The second kappa shape index (κ2) is 6.92. The molecule has 1 amide bonds. The Labute approximate surface area is 144 Å². The lowest BCUT2D eigenvalue weighted by Gasteiger charge is -2.06. The van der Waals surface area contributed by atoms with E-state index in [-0.39, 0.29) is 11.6 Å². The largest absolute Gasteiger partial charge is 0.322 e. The molecule has 1 heterocycles. The lowest BCUT2D eigenvalue weighted by molar-refractivity contribution is -0.384. The van der Waals surface area contributed by atoms with Crippen LogP contribution < -0.4 is 5.32 Å². The lowest BCUT2D eigenvalue weighted by atomic mass is 10.1. The van der Waals surface area contributed by atoms with E-state index in [0.717, 1.165) is 16.8 Å². The summed E-state index contributed by atoms with van der Waals surface area (Å²) < 4.78 is 0. The zero-order valence-electron chi connectivity index (χ0n) is 13.5. The van der Waals surface area contributed by atoms with Crippen LogP contribution >= 0.6 is 0 Å². The molecule has 0 atom stereocenters. The van der Waals surface area contributed by atoms with Gasteiger partial charge in [-0.2, -0.15) is 0 Å². The number of nitro benzene ring substituents is 1. The van der Waals surface area contributed by atoms with Gasteiger partial charge in [0.05, 0.1) is 10.6 Å². The van der Waals surface area contributed by atoms with E-state index < -0.39 is 4.92 Å². The number of anilines is 1. The first-order valence-corrected chi connectivity index (χ1v) is 7.62. The van der Waals surface area contributed by atoms with Gasteiger partial charge in [-0.05, 0) is 48.9 Å². The van der Waals surface area contributed by atoms with Crippen molar-refractivity contribution in [1.82, 2.24) is 4.98 Å². The molecule has 0 aliphatic heterocycles. The molecule has 0 bridgehead atoms. The maximum atomic E-state index is 12.3. The van der Waals surface area contributed by atoms with Crippen LogP contribution in [0.3, 0.4) is 0 Å². The molecule has 0 spiro atoms. The molecular weight excluding hydrogens is 318 g/mol. The van der Waals surface area contributed by atoms with Crippen molar-refractivity contribution >= 4 is 17.3 Å². The molecule has 0 unspecified atom stereocenters. The van der Waals surface area contributed by atoms with Crippen LogP contribution in [0.1, 0.15) is 15.9 Å². The monoisotopic (exact) mass is 333 g/mol. The van der Waals surface area contributed by atoms with Gasteiger partial charge in [0.15, 0.2) is 0 Å². The Morgan fingerprint density at radius 2 is 1.72 bits per heavy atom. The van der Waals surface area contributed by atoms with Crippen molar-refractivity contribution in [3.05, 3.63) is 88.1 Å². The number of carbonyl (C=O) groups excluding carboxylic acids is 1. The summed E-state index contributed by atoms with van der Waals surface area (Å²) in [5, 5.41) is 13.4. The topological polar surface area (TPSA) is 85.1 Å². The number of nitrogens with zero attached hydrogens (tertiary/aromatic N) is 2. The molecule has 0 saturated carbocycles. The number of carbonyl (C=O) groups is 1. The zero-order valence-corrected chi connectivity index (χ0v) is 13.5. The number of nitrogens with one attached hydrogen (secondary N) is 1. The normalized spacial score (nSPS) is 10.3. The van der Waals surface area contributed by atoms with Crippen molar-refractivity contribution in [3.8, 4) is 11.3 Å². The Morgan fingerprint density at radius 3 is 2.32 bits per heavy atom. The second-order valence-corrected chi connectivity index (χ2v) is 5.55. The number of pyridine rings is 1. The van der Waals surface area contributed by atoms with E-state index in [2.05, 4.69) is 10.3 Å². The predicted molar refractivity (Wildman–Crippen MR) is 95.5 cm³/mol. The molecule has 3 aromatic rings. The summed E-state index contributed by atoms with van der Waals surface area (Å²) in [6.45, 7) is 2.00. The van der Waals surface area contributed by atoms with Gasteiger partial charge in [0.25, 0.3) is 11.6 Å². The highest BCUT2D eigenvalue weighted by molar-refractivity contribution is 6.04. The smallest absolute Gasteiger partial charge is 0.269 e. The van der Waals surface area contributed by atoms with Gasteiger partial charge in [0, 0.05) is 35.1 Å². The highest BCUT2D eigenvalue weighted by Gasteiger charge is 2.09. The Kier molecular flexibility index (Phi) is 4.52. The molecule has 6 nitrogen and oxygen atoms in total. The van der Waals surface area contributed by atoms with Crippen LogP contribution in [0.15, 0.2) is 66.9 Å². The first-order chi connectivity index (χ1) is 12.0. The highest BCUT2D eigenvalue weighted by Crippen LogP contribution is 2.20. The minimum absolute atomic E-state index is 0.0204. The van der Waals surface area contributed by atoms with E-state index in [0.29, 0.717) is 11.3 Å². The van der Waals surface area contributed by atoms with E-state index in [4.69, 9.17) is 0 Å². The van der Waals surface area contributed by atoms with Crippen LogP contribution in [0.5, 0.6) is 0 Å². The number of hydrogen-bond acceptors (Lipinski definition) is 4. The minimum Gasteiger partial charge on any atom is -0.322 e. The van der Waals surface area contributed by atoms with Crippen LogP contribution in [-0.4, -0.2) is 15.8 Å². The first-order valence-electron chi connectivity index (χ1n) is 7.62. The van der Waals surface area contributed by atoms with Gasteiger partial charge in [-0.1, -0.05) is 12.1 Å². The fourth-order valence-corrected chi connectivity index (χ4v) is 2.36. The molecule has 1 aromatic heterocycles. The van der Waals surface area contributed by atoms with Crippen LogP contribution in [-0.2, 0) is 0 Å². The predicted octanol–water partition coefficient (Wildman–Crippen LogP) is 4.22. The summed E-state index contributed by atoms with van der Waals surface area (Å²) in [6.07, 6.45) is 1.75. The highest BCUT2D eigenvalue weighted by atomic mass is 16.6. The Morgan fingerprint density at radius 1 is 1.04 bits per heavy atom. The Hall–Kier alpha value is -3.54. The molecular formula is C19H15N3O3. The number of nitro groups is 1. The van der Waals surface area contributed by atoms with E-state index in [1.54, 1.807) is 18.3 Å². The van der Waals surface area contributed by atoms with E-state index in [1.807, 2.05) is 31.2 Å². The number of aromatic nitrogens is 1. The summed E-state index contributed by atoms with van der Waals surface area (Å²) in [5.74, 6) is -0.280. The molecule has 3 rings (SSSR count). The number of amides is 1. The molecule has 25 heavy (non-hydrogen) atoms. The molecule has 6 heteroatoms. The van der Waals surface area contributed by atoms with Gasteiger partial charge in [0.2, 0.25) is 0 Å². The fourth-order valence-electron chi connectivity index (χ4n) is 2.36. The SMILES string of the molecule is Cc1ccnc(-c2ccc(C(=O)Nc3ccc([N+](=O)[O-])cc3)cc2)c1. The zero-order chi connectivity index (χ0) is 17.8. The molecule has 1 N–H and O–H groups in total. The number of rotatable bonds is 4. The number of benzene rings is 2. The van der Waals surface area contributed by atoms with Crippen molar-refractivity contribution in [2.45, 2.75) is 6.92 Å². The van der Waals surface area contributed by atoms with Gasteiger partial charge in [-0.15, -0.1) is 0 Å². The Bertz CT molecular complexity index is 919. The van der Waals surface area contributed by atoms with Gasteiger partial charge in [-0.3, -0.25) is 19.9 Å². The molecule has 0 aliphatic carbocycles. The molecule has 124 valence electrons. The second-order valence-electron chi connectivity index (χ2n) is 5.55. The maximum Gasteiger partial charge on any atom is 0.269 e. The first kappa shape index (κ1) is 16.3. The van der Waals surface area contributed by atoms with Gasteiger partial charge < -0.3 is 5.32 Å². The van der Waals surface area contributed by atoms with Gasteiger partial charge in [0.1, 0.15) is 0 Å². The van der Waals surface area contributed by atoms with Crippen LogP contribution in [0.4, 0.5) is 11.4 Å². The molecule has 0 fully saturated rings. The van der Waals surface area contributed by atoms with Crippen molar-refractivity contribution in [3.63, 3.8) is 0 Å². The maximum absolute atomic E-state index is 12.3. The van der Waals surface area contributed by atoms with E-state index >= 15 is 0 Å². The van der Waals surface area contributed by atoms with E-state index in [9.17, 15) is 14.9 Å². The third kappa shape index (κ3) is 3.87.